The molecular weight excluding hydrogens is 262 g/mol. The average Bonchev–Trinajstić information content (AvgIpc) is 2.14. The first-order valence-electron chi connectivity index (χ1n) is 5.43. The highest BCUT2D eigenvalue weighted by Crippen LogP contribution is 2.24. The second-order valence-corrected chi connectivity index (χ2v) is 8.43. The van der Waals surface area contributed by atoms with Crippen molar-refractivity contribution in [2.75, 3.05) is 23.8 Å². The van der Waals surface area contributed by atoms with Gasteiger partial charge in [-0.3, -0.25) is 4.79 Å². The lowest BCUT2D eigenvalue weighted by atomic mass is 10.0. The fourth-order valence-corrected chi connectivity index (χ4v) is 5.18. The molecule has 5 nitrogen and oxygen atoms in total. The van der Waals surface area contributed by atoms with Crippen LogP contribution in [0.3, 0.4) is 0 Å². The van der Waals surface area contributed by atoms with Crippen molar-refractivity contribution in [3.63, 3.8) is 0 Å². The Morgan fingerprint density at radius 3 is 2.53 bits per heavy atom. The Balaban J connectivity index is 2.91. The molecule has 1 N–H and O–H groups in total. The molecule has 0 radical (unpaired) electrons. The first kappa shape index (κ1) is 14.8. The number of hydrogen-bond acceptors (Lipinski definition) is 4. The van der Waals surface area contributed by atoms with E-state index in [1.807, 2.05) is 20.8 Å². The summed E-state index contributed by atoms with van der Waals surface area (Å²) in [6, 6.07) is -0.916. The molecule has 0 saturated carbocycles. The van der Waals surface area contributed by atoms with Gasteiger partial charge in [0.25, 0.3) is 0 Å². The second kappa shape index (κ2) is 5.16. The molecular formula is C10H19NO4S2. The van der Waals surface area contributed by atoms with E-state index < -0.39 is 22.0 Å². The Hall–Kier alpha value is -0.270. The smallest absolute Gasteiger partial charge is 0.322 e. The Bertz CT molecular complexity index is 386. The molecule has 0 aromatic carbocycles. The van der Waals surface area contributed by atoms with E-state index in [-0.39, 0.29) is 11.2 Å². The number of rotatable bonds is 3. The molecule has 100 valence electrons. The van der Waals surface area contributed by atoms with Crippen LogP contribution in [0, 0.1) is 5.41 Å². The van der Waals surface area contributed by atoms with Crippen molar-refractivity contribution in [3.05, 3.63) is 0 Å². The van der Waals surface area contributed by atoms with Crippen LogP contribution in [-0.2, 0) is 14.8 Å². The van der Waals surface area contributed by atoms with Crippen LogP contribution in [0.5, 0.6) is 0 Å². The minimum Gasteiger partial charge on any atom is -0.480 e. The van der Waals surface area contributed by atoms with E-state index in [0.717, 1.165) is 4.31 Å². The first-order valence-corrected chi connectivity index (χ1v) is 8.20. The van der Waals surface area contributed by atoms with Crippen LogP contribution in [-0.4, -0.2) is 53.6 Å². The quantitative estimate of drug-likeness (QED) is 0.830. The van der Waals surface area contributed by atoms with Gasteiger partial charge in [-0.05, 0) is 5.41 Å². The molecule has 0 amide bonds. The molecule has 0 aromatic heterocycles. The van der Waals surface area contributed by atoms with Crippen LogP contribution < -0.4 is 0 Å². The maximum absolute atomic E-state index is 12.2. The van der Waals surface area contributed by atoms with E-state index in [2.05, 4.69) is 0 Å². The predicted octanol–water partition coefficient (Wildman–Crippen LogP) is 0.864. The molecule has 1 aliphatic heterocycles. The zero-order chi connectivity index (χ0) is 13.3. The van der Waals surface area contributed by atoms with E-state index >= 15 is 0 Å². The Labute approximate surface area is 107 Å². The largest absolute Gasteiger partial charge is 0.480 e. The molecule has 0 aromatic rings. The number of thioether (sulfide) groups is 1. The van der Waals surface area contributed by atoms with Crippen LogP contribution in [0.15, 0.2) is 0 Å². The molecule has 1 rings (SSSR count). The van der Waals surface area contributed by atoms with E-state index in [4.69, 9.17) is 5.11 Å². The Morgan fingerprint density at radius 1 is 1.47 bits per heavy atom. The molecule has 0 spiro atoms. The monoisotopic (exact) mass is 281 g/mol. The molecule has 0 aliphatic carbocycles. The minimum atomic E-state index is -3.50. The summed E-state index contributed by atoms with van der Waals surface area (Å²) in [5.74, 6) is -0.0880. The predicted molar refractivity (Wildman–Crippen MR) is 68.7 cm³/mol. The first-order chi connectivity index (χ1) is 7.63. The fraction of sp³-hybridized carbons (Fsp3) is 0.900. The van der Waals surface area contributed by atoms with Crippen LogP contribution in [0.25, 0.3) is 0 Å². The molecule has 17 heavy (non-hydrogen) atoms. The maximum Gasteiger partial charge on any atom is 0.322 e. The number of carboxylic acids is 1. The summed E-state index contributed by atoms with van der Waals surface area (Å²) in [4.78, 5) is 11.1. The standard InChI is InChI=1S/C10H19NO4S2/c1-10(2,3)7-17(14,15)11-4-5-16-6-8(11)9(12)13/h8H,4-7H2,1-3H3,(H,12,13). The van der Waals surface area contributed by atoms with Crippen molar-refractivity contribution in [1.82, 2.24) is 4.31 Å². The normalized spacial score (nSPS) is 23.6. The summed E-state index contributed by atoms with van der Waals surface area (Å²) in [6.07, 6.45) is 0. The zero-order valence-electron chi connectivity index (χ0n) is 10.3. The van der Waals surface area contributed by atoms with E-state index in [1.165, 1.54) is 11.8 Å². The number of nitrogens with zero attached hydrogens (tertiary/aromatic N) is 1. The SMILES string of the molecule is CC(C)(C)CS(=O)(=O)N1CCSCC1C(=O)O. The van der Waals surface area contributed by atoms with E-state index in [9.17, 15) is 13.2 Å². The van der Waals surface area contributed by atoms with Crippen molar-refractivity contribution in [2.24, 2.45) is 5.41 Å². The summed E-state index contributed by atoms with van der Waals surface area (Å²) in [5, 5.41) is 9.05. The summed E-state index contributed by atoms with van der Waals surface area (Å²) in [6.45, 7) is 5.79. The van der Waals surface area contributed by atoms with Gasteiger partial charge in [0.15, 0.2) is 0 Å². The number of sulfonamides is 1. The van der Waals surface area contributed by atoms with Gasteiger partial charge in [0.2, 0.25) is 10.0 Å². The topological polar surface area (TPSA) is 74.7 Å². The molecule has 1 atom stereocenters. The van der Waals surface area contributed by atoms with Crippen molar-refractivity contribution in [1.29, 1.82) is 0 Å². The number of carboxylic acid groups (broad SMARTS) is 1. The van der Waals surface area contributed by atoms with Crippen LogP contribution in [0.1, 0.15) is 20.8 Å². The minimum absolute atomic E-state index is 0.0194. The highest BCUT2D eigenvalue weighted by Gasteiger charge is 2.38. The van der Waals surface area contributed by atoms with Gasteiger partial charge in [0.1, 0.15) is 6.04 Å². The zero-order valence-corrected chi connectivity index (χ0v) is 12.0. The fourth-order valence-electron chi connectivity index (χ4n) is 1.75. The van der Waals surface area contributed by atoms with E-state index in [1.54, 1.807) is 0 Å². The van der Waals surface area contributed by atoms with Crippen molar-refractivity contribution < 1.29 is 18.3 Å². The molecule has 7 heteroatoms. The van der Waals surface area contributed by atoms with Gasteiger partial charge in [0, 0.05) is 18.1 Å². The van der Waals surface area contributed by atoms with Crippen LogP contribution in [0.2, 0.25) is 0 Å². The van der Waals surface area contributed by atoms with Gasteiger partial charge >= 0.3 is 5.97 Å². The number of hydrogen-bond donors (Lipinski definition) is 1. The van der Waals surface area contributed by atoms with Crippen molar-refractivity contribution in [3.8, 4) is 0 Å². The molecule has 1 heterocycles. The van der Waals surface area contributed by atoms with Gasteiger partial charge in [-0.1, -0.05) is 20.8 Å². The summed E-state index contributed by atoms with van der Waals surface area (Å²) in [5.41, 5.74) is -0.369. The van der Waals surface area contributed by atoms with Crippen LogP contribution >= 0.6 is 11.8 Å². The molecule has 1 saturated heterocycles. The molecule has 1 unspecified atom stereocenters. The third kappa shape index (κ3) is 4.15. The Morgan fingerprint density at radius 2 is 2.06 bits per heavy atom. The number of aliphatic carboxylic acids is 1. The maximum atomic E-state index is 12.2. The summed E-state index contributed by atoms with van der Waals surface area (Å²) >= 11 is 1.48. The molecule has 0 bridgehead atoms. The van der Waals surface area contributed by atoms with Crippen molar-refractivity contribution >= 4 is 27.8 Å². The lowest BCUT2D eigenvalue weighted by molar-refractivity contribution is -0.140. The Kier molecular flexibility index (Phi) is 4.49. The lowest BCUT2D eigenvalue weighted by Gasteiger charge is -2.33. The highest BCUT2D eigenvalue weighted by atomic mass is 32.2. The van der Waals surface area contributed by atoms with Gasteiger partial charge in [-0.15, -0.1) is 0 Å². The molecule has 1 aliphatic rings. The van der Waals surface area contributed by atoms with Gasteiger partial charge < -0.3 is 5.11 Å². The highest BCUT2D eigenvalue weighted by molar-refractivity contribution is 7.99. The van der Waals surface area contributed by atoms with Gasteiger partial charge in [0.05, 0.1) is 5.75 Å². The summed E-state index contributed by atoms with van der Waals surface area (Å²) in [7, 11) is -3.50. The van der Waals surface area contributed by atoms with Gasteiger partial charge in [-0.2, -0.15) is 16.1 Å². The van der Waals surface area contributed by atoms with Crippen LogP contribution in [0.4, 0.5) is 0 Å². The number of carbonyl (C=O) groups is 1. The van der Waals surface area contributed by atoms with Crippen molar-refractivity contribution in [2.45, 2.75) is 26.8 Å². The lowest BCUT2D eigenvalue weighted by Crippen LogP contribution is -2.51. The second-order valence-electron chi connectivity index (χ2n) is 5.36. The average molecular weight is 281 g/mol. The third-order valence-corrected chi connectivity index (χ3v) is 5.74. The van der Waals surface area contributed by atoms with Gasteiger partial charge in [-0.25, -0.2) is 8.42 Å². The molecule has 1 fully saturated rings. The summed E-state index contributed by atoms with van der Waals surface area (Å²) < 4.78 is 25.5. The van der Waals surface area contributed by atoms with E-state index in [0.29, 0.717) is 18.1 Å². The third-order valence-electron chi connectivity index (χ3n) is 2.34.